The van der Waals surface area contributed by atoms with E-state index >= 15 is 0 Å². The molecule has 0 saturated heterocycles. The van der Waals surface area contributed by atoms with Crippen LogP contribution in [0.25, 0.3) is 0 Å². The van der Waals surface area contributed by atoms with E-state index in [-0.39, 0.29) is 37.5 Å². The van der Waals surface area contributed by atoms with Gasteiger partial charge in [-0.1, -0.05) is 249 Å². The van der Waals surface area contributed by atoms with E-state index < -0.39 is 6.10 Å². The number of hydrogen-bond donors (Lipinski definition) is 0. The van der Waals surface area contributed by atoms with Gasteiger partial charge in [0.15, 0.2) is 6.10 Å². The molecule has 0 rings (SSSR count). The summed E-state index contributed by atoms with van der Waals surface area (Å²) >= 11 is 0. The van der Waals surface area contributed by atoms with Crippen LogP contribution in [0.15, 0.2) is 48.6 Å². The molecule has 1 atom stereocenters. The maximum atomic E-state index is 12.7. The van der Waals surface area contributed by atoms with Crippen molar-refractivity contribution in [3.8, 4) is 0 Å². The standard InChI is InChI=1S/C57H102O6/c1-4-7-10-13-15-17-19-21-23-24-25-26-27-28-29-30-31-32-34-35-37-39-41-44-47-50-56(59)62-53-54(52-61-55(58)49-46-43-12-9-6-3)63-57(60)51-48-45-42-40-38-36-33-22-20-18-16-14-11-8-5-2/h8,11,16,18,22,33,38,40,54H,4-7,9-10,12-15,17,19-21,23-32,34-37,39,41-53H2,1-3H3/b11-8-,18-16-,33-22-,40-38-. The Morgan fingerprint density at radius 2 is 0.619 bits per heavy atom. The highest BCUT2D eigenvalue weighted by molar-refractivity contribution is 5.71. The monoisotopic (exact) mass is 883 g/mol. The highest BCUT2D eigenvalue weighted by Gasteiger charge is 2.19. The topological polar surface area (TPSA) is 78.9 Å². The molecule has 0 aromatic heterocycles. The molecule has 0 aromatic rings. The first kappa shape index (κ1) is 60.4. The van der Waals surface area contributed by atoms with Crippen LogP contribution in [0.3, 0.4) is 0 Å². The molecule has 0 heterocycles. The van der Waals surface area contributed by atoms with E-state index in [0.29, 0.717) is 19.3 Å². The number of esters is 3. The van der Waals surface area contributed by atoms with Gasteiger partial charge in [0, 0.05) is 19.3 Å². The molecule has 0 radical (unpaired) electrons. The average Bonchev–Trinajstić information content (AvgIpc) is 3.28. The molecular formula is C57H102O6. The van der Waals surface area contributed by atoms with Crippen molar-refractivity contribution < 1.29 is 28.6 Å². The number of ether oxygens (including phenoxy) is 3. The van der Waals surface area contributed by atoms with Gasteiger partial charge in [0.2, 0.25) is 0 Å². The lowest BCUT2D eigenvalue weighted by Crippen LogP contribution is -2.30. The molecule has 0 N–H and O–H groups in total. The summed E-state index contributed by atoms with van der Waals surface area (Å²) in [6.07, 6.45) is 63.0. The quantitative estimate of drug-likeness (QED) is 0.0262. The molecule has 63 heavy (non-hydrogen) atoms. The molecule has 1 unspecified atom stereocenters. The van der Waals surface area contributed by atoms with Crippen LogP contribution in [0.5, 0.6) is 0 Å². The van der Waals surface area contributed by atoms with E-state index in [2.05, 4.69) is 69.4 Å². The Bertz CT molecular complexity index is 1110. The Labute approximate surface area is 390 Å². The molecule has 0 aliphatic rings. The van der Waals surface area contributed by atoms with Gasteiger partial charge in [0.1, 0.15) is 13.2 Å². The summed E-state index contributed by atoms with van der Waals surface area (Å²) in [5.74, 6) is -0.936. The molecule has 366 valence electrons. The number of carbonyl (C=O) groups excluding carboxylic acids is 3. The molecule has 0 fully saturated rings. The Balaban J connectivity index is 4.06. The van der Waals surface area contributed by atoms with E-state index in [1.807, 2.05) is 0 Å². The van der Waals surface area contributed by atoms with Gasteiger partial charge < -0.3 is 14.2 Å². The van der Waals surface area contributed by atoms with Crippen molar-refractivity contribution >= 4 is 17.9 Å². The van der Waals surface area contributed by atoms with Gasteiger partial charge in [-0.05, 0) is 57.8 Å². The zero-order chi connectivity index (χ0) is 45.8. The molecule has 0 saturated carbocycles. The number of rotatable bonds is 49. The zero-order valence-corrected chi connectivity index (χ0v) is 41.8. The van der Waals surface area contributed by atoms with Crippen LogP contribution in [0, 0.1) is 0 Å². The first-order valence-electron chi connectivity index (χ1n) is 27.1. The number of hydrogen-bond acceptors (Lipinski definition) is 6. The van der Waals surface area contributed by atoms with Crippen LogP contribution < -0.4 is 0 Å². The minimum Gasteiger partial charge on any atom is -0.462 e. The summed E-state index contributed by atoms with van der Waals surface area (Å²) < 4.78 is 16.6. The smallest absolute Gasteiger partial charge is 0.306 e. The molecule has 6 heteroatoms. The van der Waals surface area contributed by atoms with Crippen molar-refractivity contribution in [1.29, 1.82) is 0 Å². The summed E-state index contributed by atoms with van der Waals surface area (Å²) in [6.45, 7) is 6.43. The van der Waals surface area contributed by atoms with Crippen LogP contribution in [-0.4, -0.2) is 37.2 Å². The lowest BCUT2D eigenvalue weighted by molar-refractivity contribution is -0.167. The third-order valence-corrected chi connectivity index (χ3v) is 11.8. The van der Waals surface area contributed by atoms with Crippen molar-refractivity contribution in [3.63, 3.8) is 0 Å². The second kappa shape index (κ2) is 52.0. The third-order valence-electron chi connectivity index (χ3n) is 11.8. The normalized spacial score (nSPS) is 12.4. The summed E-state index contributed by atoms with van der Waals surface area (Å²) in [6, 6.07) is 0. The molecule has 0 spiro atoms. The highest BCUT2D eigenvalue weighted by atomic mass is 16.6. The molecule has 0 aromatic carbocycles. The lowest BCUT2D eigenvalue weighted by Gasteiger charge is -2.18. The fourth-order valence-corrected chi connectivity index (χ4v) is 7.79. The SMILES string of the molecule is CC/C=C\C/C=C\C/C=C\C/C=C\CCCCC(=O)OC(COC(=O)CCCCCCC)COC(=O)CCCCCCCCCCCCCCCCCCCCCCCCCCC. The molecule has 6 nitrogen and oxygen atoms in total. The van der Waals surface area contributed by atoms with Gasteiger partial charge in [-0.3, -0.25) is 14.4 Å². The van der Waals surface area contributed by atoms with Crippen molar-refractivity contribution in [2.45, 2.75) is 284 Å². The molecule has 0 bridgehead atoms. The summed E-state index contributed by atoms with van der Waals surface area (Å²) in [7, 11) is 0. The van der Waals surface area contributed by atoms with Crippen molar-refractivity contribution in [1.82, 2.24) is 0 Å². The van der Waals surface area contributed by atoms with Gasteiger partial charge in [0.25, 0.3) is 0 Å². The molecule has 0 aliphatic heterocycles. The predicted molar refractivity (Wildman–Crippen MR) is 270 cm³/mol. The second-order valence-corrected chi connectivity index (χ2v) is 18.1. The first-order valence-corrected chi connectivity index (χ1v) is 27.1. The van der Waals surface area contributed by atoms with E-state index in [1.165, 1.54) is 148 Å². The number of allylic oxidation sites excluding steroid dienone is 8. The van der Waals surface area contributed by atoms with Crippen molar-refractivity contribution in [2.24, 2.45) is 0 Å². The van der Waals surface area contributed by atoms with Gasteiger partial charge in [0.05, 0.1) is 0 Å². The second-order valence-electron chi connectivity index (χ2n) is 18.1. The van der Waals surface area contributed by atoms with Gasteiger partial charge in [-0.15, -0.1) is 0 Å². The van der Waals surface area contributed by atoms with Gasteiger partial charge in [-0.2, -0.15) is 0 Å². The molecule has 0 aliphatic carbocycles. The van der Waals surface area contributed by atoms with Gasteiger partial charge >= 0.3 is 17.9 Å². The summed E-state index contributed by atoms with van der Waals surface area (Å²) in [4.78, 5) is 37.7. The molecule has 0 amide bonds. The Morgan fingerprint density at radius 1 is 0.333 bits per heavy atom. The van der Waals surface area contributed by atoms with Crippen LogP contribution in [0.1, 0.15) is 278 Å². The van der Waals surface area contributed by atoms with Crippen molar-refractivity contribution in [2.75, 3.05) is 13.2 Å². The number of unbranched alkanes of at least 4 members (excludes halogenated alkanes) is 30. The van der Waals surface area contributed by atoms with E-state index in [4.69, 9.17) is 14.2 Å². The van der Waals surface area contributed by atoms with Crippen LogP contribution >= 0.6 is 0 Å². The first-order chi connectivity index (χ1) is 31.0. The maximum Gasteiger partial charge on any atom is 0.306 e. The van der Waals surface area contributed by atoms with E-state index in [9.17, 15) is 14.4 Å². The highest BCUT2D eigenvalue weighted by Crippen LogP contribution is 2.17. The fraction of sp³-hybridized carbons (Fsp3) is 0.807. The molecular weight excluding hydrogens is 781 g/mol. The average molecular weight is 883 g/mol. The maximum absolute atomic E-state index is 12.7. The van der Waals surface area contributed by atoms with Gasteiger partial charge in [-0.25, -0.2) is 0 Å². The summed E-state index contributed by atoms with van der Waals surface area (Å²) in [5.41, 5.74) is 0. The van der Waals surface area contributed by atoms with E-state index in [0.717, 1.165) is 83.5 Å². The van der Waals surface area contributed by atoms with Crippen LogP contribution in [-0.2, 0) is 28.6 Å². The number of carbonyl (C=O) groups is 3. The zero-order valence-electron chi connectivity index (χ0n) is 41.8. The lowest BCUT2D eigenvalue weighted by atomic mass is 10.0. The Morgan fingerprint density at radius 3 is 0.968 bits per heavy atom. The Kier molecular flexibility index (Phi) is 49.8. The fourth-order valence-electron chi connectivity index (χ4n) is 7.79. The predicted octanol–water partition coefficient (Wildman–Crippen LogP) is 17.9. The van der Waals surface area contributed by atoms with Crippen LogP contribution in [0.4, 0.5) is 0 Å². The summed E-state index contributed by atoms with van der Waals surface area (Å²) in [5, 5.41) is 0. The Hall–Kier alpha value is -2.63. The van der Waals surface area contributed by atoms with Crippen LogP contribution in [0.2, 0.25) is 0 Å². The van der Waals surface area contributed by atoms with Crippen molar-refractivity contribution in [3.05, 3.63) is 48.6 Å². The minimum atomic E-state index is -0.788. The largest absolute Gasteiger partial charge is 0.462 e. The minimum absolute atomic E-state index is 0.0876. The van der Waals surface area contributed by atoms with E-state index in [1.54, 1.807) is 0 Å². The third kappa shape index (κ3) is 50.2.